The Morgan fingerprint density at radius 2 is 1.93 bits per heavy atom. The molecule has 1 atom stereocenters. The van der Waals surface area contributed by atoms with Crippen LogP contribution >= 0.6 is 0 Å². The Hall–Kier alpha value is -2.09. The first-order chi connectivity index (χ1) is 13.2. The number of benzene rings is 1. The molecule has 1 fully saturated rings. The maximum atomic E-state index is 12.0. The molecule has 28 heavy (non-hydrogen) atoms. The highest BCUT2D eigenvalue weighted by molar-refractivity contribution is 7.91. The maximum absolute atomic E-state index is 12.0. The molecule has 1 aliphatic rings. The number of carbonyl (C=O) groups is 1. The molecule has 2 rings (SSSR count). The predicted molar refractivity (Wildman–Crippen MR) is 113 cm³/mol. The summed E-state index contributed by atoms with van der Waals surface area (Å²) in [5.41, 5.74) is 1.12. The Morgan fingerprint density at radius 1 is 1.21 bits per heavy atom. The lowest BCUT2D eigenvalue weighted by Crippen LogP contribution is -2.41. The summed E-state index contributed by atoms with van der Waals surface area (Å²) in [5.74, 6) is 0.730. The van der Waals surface area contributed by atoms with E-state index < -0.39 is 9.84 Å². The molecule has 0 aromatic heterocycles. The van der Waals surface area contributed by atoms with Gasteiger partial charge in [-0.2, -0.15) is 0 Å². The largest absolute Gasteiger partial charge is 0.357 e. The van der Waals surface area contributed by atoms with Crippen molar-refractivity contribution in [2.45, 2.75) is 45.1 Å². The average molecular weight is 409 g/mol. The zero-order valence-corrected chi connectivity index (χ0v) is 17.8. The fourth-order valence-corrected chi connectivity index (χ4v) is 4.78. The molecule has 8 heteroatoms. The second-order valence-electron chi connectivity index (χ2n) is 7.79. The van der Waals surface area contributed by atoms with Crippen molar-refractivity contribution in [1.29, 1.82) is 0 Å². The topological polar surface area (TPSA) is 99.7 Å². The van der Waals surface area contributed by atoms with Crippen molar-refractivity contribution >= 4 is 21.7 Å². The number of rotatable bonds is 8. The average Bonchev–Trinajstić information content (AvgIpc) is 2.98. The van der Waals surface area contributed by atoms with Gasteiger partial charge in [0, 0.05) is 31.0 Å². The Balaban J connectivity index is 1.82. The van der Waals surface area contributed by atoms with Gasteiger partial charge in [0.1, 0.15) is 0 Å². The first-order valence-corrected chi connectivity index (χ1v) is 11.6. The Morgan fingerprint density at radius 3 is 2.54 bits per heavy atom. The SMILES string of the molecule is CCNC(=NCC(C)(C)c1ccccc1)NCCC(=O)NC1CCS(=O)(=O)C1. The van der Waals surface area contributed by atoms with Crippen LogP contribution in [0.4, 0.5) is 0 Å². The van der Waals surface area contributed by atoms with Crippen LogP contribution in [0.1, 0.15) is 39.2 Å². The van der Waals surface area contributed by atoms with E-state index in [-0.39, 0.29) is 35.3 Å². The van der Waals surface area contributed by atoms with E-state index in [9.17, 15) is 13.2 Å². The van der Waals surface area contributed by atoms with E-state index >= 15 is 0 Å². The Bertz CT molecular complexity index is 776. The van der Waals surface area contributed by atoms with Gasteiger partial charge in [0.05, 0.1) is 18.1 Å². The lowest BCUT2D eigenvalue weighted by molar-refractivity contribution is -0.121. The summed E-state index contributed by atoms with van der Waals surface area (Å²) in [7, 11) is -2.99. The molecule has 0 bridgehead atoms. The van der Waals surface area contributed by atoms with Gasteiger partial charge in [-0.05, 0) is 18.9 Å². The van der Waals surface area contributed by atoms with E-state index in [4.69, 9.17) is 0 Å². The molecule has 1 unspecified atom stereocenters. The summed E-state index contributed by atoms with van der Waals surface area (Å²) in [6.45, 7) is 8.06. The fraction of sp³-hybridized carbons (Fsp3) is 0.600. The van der Waals surface area contributed by atoms with Crippen molar-refractivity contribution in [2.24, 2.45) is 4.99 Å². The highest BCUT2D eigenvalue weighted by Crippen LogP contribution is 2.22. The smallest absolute Gasteiger partial charge is 0.222 e. The molecule has 0 saturated carbocycles. The summed E-state index contributed by atoms with van der Waals surface area (Å²) in [5, 5.41) is 9.17. The standard InChI is InChI=1S/C20H32N4O3S/c1-4-21-19(23-15-20(2,3)16-8-6-5-7-9-16)22-12-10-18(25)24-17-11-13-28(26,27)14-17/h5-9,17H,4,10-15H2,1-3H3,(H,24,25)(H2,21,22,23). The van der Waals surface area contributed by atoms with Crippen LogP contribution in [0, 0.1) is 0 Å². The minimum absolute atomic E-state index is 0.0465. The van der Waals surface area contributed by atoms with Gasteiger partial charge in [0.15, 0.2) is 15.8 Å². The van der Waals surface area contributed by atoms with Crippen LogP contribution in [0.5, 0.6) is 0 Å². The van der Waals surface area contributed by atoms with Crippen LogP contribution in [-0.4, -0.2) is 57.5 Å². The summed E-state index contributed by atoms with van der Waals surface area (Å²) in [6.07, 6.45) is 0.767. The molecule has 0 radical (unpaired) electrons. The third-order valence-corrected chi connectivity index (χ3v) is 6.54. The number of nitrogens with zero attached hydrogens (tertiary/aromatic N) is 1. The van der Waals surface area contributed by atoms with Crippen LogP contribution in [-0.2, 0) is 20.0 Å². The second kappa shape index (κ2) is 9.91. The number of guanidine groups is 1. The number of carbonyl (C=O) groups excluding carboxylic acids is 1. The number of hydrogen-bond acceptors (Lipinski definition) is 4. The summed E-state index contributed by atoms with van der Waals surface area (Å²) < 4.78 is 22.9. The van der Waals surface area contributed by atoms with Crippen LogP contribution in [0.2, 0.25) is 0 Å². The van der Waals surface area contributed by atoms with Gasteiger partial charge >= 0.3 is 0 Å². The number of amides is 1. The normalized spacial score (nSPS) is 19.2. The lowest BCUT2D eigenvalue weighted by Gasteiger charge is -2.24. The van der Waals surface area contributed by atoms with Crippen molar-refractivity contribution in [3.05, 3.63) is 35.9 Å². The molecule has 3 N–H and O–H groups in total. The molecule has 1 amide bonds. The number of nitrogens with one attached hydrogen (secondary N) is 3. The molecule has 1 heterocycles. The van der Waals surface area contributed by atoms with E-state index in [1.54, 1.807) is 0 Å². The van der Waals surface area contributed by atoms with Gasteiger partial charge in [-0.15, -0.1) is 0 Å². The zero-order chi connectivity index (χ0) is 20.6. The Kier molecular flexibility index (Phi) is 7.86. The van der Waals surface area contributed by atoms with Gasteiger partial charge in [-0.25, -0.2) is 8.42 Å². The highest BCUT2D eigenvalue weighted by atomic mass is 32.2. The lowest BCUT2D eigenvalue weighted by atomic mass is 9.85. The van der Waals surface area contributed by atoms with Gasteiger partial charge in [0.2, 0.25) is 5.91 Å². The third-order valence-electron chi connectivity index (χ3n) is 4.77. The second-order valence-corrected chi connectivity index (χ2v) is 10.0. The number of aliphatic imine (C=N–C) groups is 1. The molecule has 156 valence electrons. The van der Waals surface area contributed by atoms with E-state index in [0.717, 1.165) is 6.54 Å². The van der Waals surface area contributed by atoms with Gasteiger partial charge in [0.25, 0.3) is 0 Å². The quantitative estimate of drug-likeness (QED) is 0.444. The molecule has 1 aliphatic heterocycles. The van der Waals surface area contributed by atoms with Gasteiger partial charge < -0.3 is 16.0 Å². The van der Waals surface area contributed by atoms with E-state index in [1.165, 1.54) is 5.56 Å². The third kappa shape index (κ3) is 7.14. The van der Waals surface area contributed by atoms with Crippen molar-refractivity contribution in [2.75, 3.05) is 31.1 Å². The molecule has 0 aliphatic carbocycles. The zero-order valence-electron chi connectivity index (χ0n) is 17.0. The van der Waals surface area contributed by atoms with Crippen LogP contribution in [0.3, 0.4) is 0 Å². The number of sulfone groups is 1. The molecule has 1 aromatic rings. The predicted octanol–water partition coefficient (Wildman–Crippen LogP) is 1.21. The van der Waals surface area contributed by atoms with E-state index in [2.05, 4.69) is 46.9 Å². The van der Waals surface area contributed by atoms with Gasteiger partial charge in [-0.1, -0.05) is 44.2 Å². The highest BCUT2D eigenvalue weighted by Gasteiger charge is 2.28. The van der Waals surface area contributed by atoms with E-state index in [1.807, 2.05) is 25.1 Å². The molecule has 7 nitrogen and oxygen atoms in total. The maximum Gasteiger partial charge on any atom is 0.222 e. The summed E-state index contributed by atoms with van der Waals surface area (Å²) in [6, 6.07) is 10.00. The minimum Gasteiger partial charge on any atom is -0.357 e. The first kappa shape index (κ1) is 22.2. The van der Waals surface area contributed by atoms with Crippen LogP contribution in [0.15, 0.2) is 35.3 Å². The van der Waals surface area contributed by atoms with Crippen molar-refractivity contribution in [1.82, 2.24) is 16.0 Å². The summed E-state index contributed by atoms with van der Waals surface area (Å²) >= 11 is 0. The molecule has 0 spiro atoms. The molecule has 1 saturated heterocycles. The van der Waals surface area contributed by atoms with E-state index in [0.29, 0.717) is 25.5 Å². The Labute approximate surface area is 168 Å². The van der Waals surface area contributed by atoms with Crippen LogP contribution < -0.4 is 16.0 Å². The number of hydrogen-bond donors (Lipinski definition) is 3. The fourth-order valence-electron chi connectivity index (χ4n) is 3.10. The first-order valence-electron chi connectivity index (χ1n) is 9.79. The molecule has 1 aromatic carbocycles. The van der Waals surface area contributed by atoms with Crippen molar-refractivity contribution < 1.29 is 13.2 Å². The van der Waals surface area contributed by atoms with Crippen molar-refractivity contribution in [3.8, 4) is 0 Å². The monoisotopic (exact) mass is 408 g/mol. The minimum atomic E-state index is -2.99. The summed E-state index contributed by atoms with van der Waals surface area (Å²) in [4.78, 5) is 16.7. The molecular weight excluding hydrogens is 376 g/mol. The molecular formula is C20H32N4O3S. The van der Waals surface area contributed by atoms with Crippen molar-refractivity contribution in [3.63, 3.8) is 0 Å². The van der Waals surface area contributed by atoms with Crippen LogP contribution in [0.25, 0.3) is 0 Å². The van der Waals surface area contributed by atoms with Gasteiger partial charge in [-0.3, -0.25) is 9.79 Å².